The predicted octanol–water partition coefficient (Wildman–Crippen LogP) is 5.09. The molecule has 4 N–H and O–H groups in total. The minimum Gasteiger partial charge on any atom is -0.496 e. The number of fused-ring (bicyclic) bond motifs is 2. The van der Waals surface area contributed by atoms with Crippen LogP contribution in [-0.4, -0.2) is 87.6 Å². The number of methoxy groups -OCH3 is 1. The summed E-state index contributed by atoms with van der Waals surface area (Å²) >= 11 is 0. The van der Waals surface area contributed by atoms with Crippen LogP contribution in [0.2, 0.25) is 0 Å². The topological polar surface area (TPSA) is 115 Å². The Hall–Kier alpha value is -3.18. The lowest BCUT2D eigenvalue weighted by molar-refractivity contribution is -0.183. The number of benzene rings is 2. The van der Waals surface area contributed by atoms with E-state index in [2.05, 4.69) is 57.5 Å². The number of aliphatic hydroxyl groups is 1. The lowest BCUT2D eigenvalue weighted by Crippen LogP contribution is -2.62. The molecule has 8 atom stereocenters. The van der Waals surface area contributed by atoms with Crippen molar-refractivity contribution in [2.45, 2.75) is 91.6 Å². The highest BCUT2D eigenvalue weighted by molar-refractivity contribution is 5.97. The van der Waals surface area contributed by atoms with Crippen LogP contribution in [0, 0.1) is 35.0 Å². The molecular formula is C40H61N5O5. The third-order valence-corrected chi connectivity index (χ3v) is 12.1. The van der Waals surface area contributed by atoms with Crippen LogP contribution in [0.5, 0.6) is 5.75 Å². The van der Waals surface area contributed by atoms with E-state index in [1.807, 2.05) is 55.4 Å². The zero-order chi connectivity index (χ0) is 36.5. The molecule has 2 aromatic carbocycles. The van der Waals surface area contributed by atoms with Crippen LogP contribution < -0.4 is 25.6 Å². The molecule has 3 aliphatic carbocycles. The zero-order valence-corrected chi connectivity index (χ0v) is 31.9. The van der Waals surface area contributed by atoms with Crippen molar-refractivity contribution in [3.63, 3.8) is 0 Å². The van der Waals surface area contributed by atoms with E-state index in [-0.39, 0.29) is 43.0 Å². The first-order valence-electron chi connectivity index (χ1n) is 18.5. The molecule has 4 aliphatic rings. The standard InChI is InChI=1S/C40H61N5O5/c1-23(2)14-15-42-25(4)35-34(22-46)50-45(36(35)39(48)43-33-20-29-19-32(24(33)3)40(29,5)6)21-26-12-11-13-31(37(26)49-10)27-16-28(38(47)41-7)18-30(17-27)44(8)9/h11-13,16-18,23-25,29,32-36,42,46H,14-15,19-22H2,1-10H3,(H,41,47)(H,43,48)/t24-,25?,29+,32-,33-,34-,35+,36-/m0/s1. The van der Waals surface area contributed by atoms with Gasteiger partial charge in [-0.3, -0.25) is 14.4 Å². The largest absolute Gasteiger partial charge is 0.496 e. The van der Waals surface area contributed by atoms with E-state index < -0.39 is 12.1 Å². The molecule has 1 saturated heterocycles. The number of anilines is 1. The number of hydrogen-bond donors (Lipinski definition) is 4. The van der Waals surface area contributed by atoms with Crippen molar-refractivity contribution in [3.05, 3.63) is 47.5 Å². The minimum absolute atomic E-state index is 0.0524. The monoisotopic (exact) mass is 691 g/mol. The van der Waals surface area contributed by atoms with Crippen LogP contribution >= 0.6 is 0 Å². The van der Waals surface area contributed by atoms with Gasteiger partial charge < -0.3 is 30.7 Å². The number of carbonyl (C=O) groups excluding carboxylic acids is 2. The highest BCUT2D eigenvalue weighted by Crippen LogP contribution is 2.61. The predicted molar refractivity (Wildman–Crippen MR) is 199 cm³/mol. The number of aliphatic hydroxyl groups excluding tert-OH is 1. The number of nitrogens with zero attached hydrogens (tertiary/aromatic N) is 2. The molecule has 2 amide bonds. The molecule has 10 nitrogen and oxygen atoms in total. The van der Waals surface area contributed by atoms with Gasteiger partial charge in [0.05, 0.1) is 20.3 Å². The first-order valence-corrected chi connectivity index (χ1v) is 18.5. The summed E-state index contributed by atoms with van der Waals surface area (Å²) in [4.78, 5) is 35.8. The maximum Gasteiger partial charge on any atom is 0.251 e. The number of para-hydroxylation sites is 1. The molecule has 0 spiro atoms. The third kappa shape index (κ3) is 7.54. The van der Waals surface area contributed by atoms with Gasteiger partial charge >= 0.3 is 0 Å². The molecule has 4 fully saturated rings. The summed E-state index contributed by atoms with van der Waals surface area (Å²) in [5, 5.41) is 22.3. The van der Waals surface area contributed by atoms with Gasteiger partial charge in [0.15, 0.2) is 0 Å². The van der Waals surface area contributed by atoms with E-state index in [0.29, 0.717) is 40.4 Å². The molecule has 1 heterocycles. The number of rotatable bonds is 14. The Morgan fingerprint density at radius 1 is 1.14 bits per heavy atom. The van der Waals surface area contributed by atoms with Crippen LogP contribution in [-0.2, 0) is 16.2 Å². The maximum atomic E-state index is 14.6. The quantitative estimate of drug-likeness (QED) is 0.217. The van der Waals surface area contributed by atoms with Gasteiger partial charge in [0.25, 0.3) is 5.91 Å². The van der Waals surface area contributed by atoms with Crippen LogP contribution in [0.1, 0.15) is 76.7 Å². The normalized spacial score (nSPS) is 27.8. The zero-order valence-electron chi connectivity index (χ0n) is 31.9. The Labute approximate surface area is 299 Å². The number of hydrogen-bond acceptors (Lipinski definition) is 8. The molecule has 2 bridgehead atoms. The van der Waals surface area contributed by atoms with Crippen LogP contribution in [0.3, 0.4) is 0 Å². The van der Waals surface area contributed by atoms with E-state index in [4.69, 9.17) is 9.57 Å². The summed E-state index contributed by atoms with van der Waals surface area (Å²) in [7, 11) is 7.16. The molecule has 0 aromatic heterocycles. The van der Waals surface area contributed by atoms with Gasteiger partial charge in [-0.15, -0.1) is 0 Å². The van der Waals surface area contributed by atoms with Crippen molar-refractivity contribution in [2.75, 3.05) is 46.3 Å². The second-order valence-corrected chi connectivity index (χ2v) is 16.2. The van der Waals surface area contributed by atoms with Crippen molar-refractivity contribution < 1.29 is 24.3 Å². The summed E-state index contributed by atoms with van der Waals surface area (Å²) < 4.78 is 6.08. The molecule has 6 rings (SSSR count). The van der Waals surface area contributed by atoms with Gasteiger partial charge in [0.2, 0.25) is 5.91 Å². The van der Waals surface area contributed by atoms with E-state index >= 15 is 0 Å². The number of amides is 2. The summed E-state index contributed by atoms with van der Waals surface area (Å²) in [6, 6.07) is 11.1. The number of ether oxygens (including phenoxy) is 1. The highest BCUT2D eigenvalue weighted by atomic mass is 16.7. The molecule has 1 unspecified atom stereocenters. The molecule has 0 radical (unpaired) electrons. The molecule has 276 valence electrons. The van der Waals surface area contributed by atoms with E-state index in [0.717, 1.165) is 41.8 Å². The lowest BCUT2D eigenvalue weighted by atomic mass is 9.45. The smallest absolute Gasteiger partial charge is 0.251 e. The van der Waals surface area contributed by atoms with E-state index in [1.165, 1.54) is 6.42 Å². The average Bonchev–Trinajstić information content (AvgIpc) is 3.46. The fourth-order valence-electron chi connectivity index (χ4n) is 8.89. The van der Waals surface area contributed by atoms with Gasteiger partial charge in [-0.25, -0.2) is 0 Å². The summed E-state index contributed by atoms with van der Waals surface area (Å²) in [5.41, 5.74) is 4.26. The van der Waals surface area contributed by atoms with Gasteiger partial charge in [0.1, 0.15) is 17.9 Å². The molecule has 1 aliphatic heterocycles. The number of hydroxylamine groups is 2. The third-order valence-electron chi connectivity index (χ3n) is 12.1. The summed E-state index contributed by atoms with van der Waals surface area (Å²) in [6.45, 7) is 14.4. The second-order valence-electron chi connectivity index (χ2n) is 16.2. The molecule has 10 heteroatoms. The first-order chi connectivity index (χ1) is 23.7. The average molecular weight is 692 g/mol. The van der Waals surface area contributed by atoms with Gasteiger partial charge in [0, 0.05) is 61.5 Å². The molecular weight excluding hydrogens is 630 g/mol. The van der Waals surface area contributed by atoms with Crippen molar-refractivity contribution in [2.24, 2.45) is 35.0 Å². The van der Waals surface area contributed by atoms with Crippen molar-refractivity contribution in [1.82, 2.24) is 21.0 Å². The summed E-state index contributed by atoms with van der Waals surface area (Å²) in [6.07, 6.45) is 2.69. The van der Waals surface area contributed by atoms with Gasteiger partial charge in [-0.05, 0) is 85.6 Å². The Balaban J connectivity index is 1.48. The van der Waals surface area contributed by atoms with E-state index in [9.17, 15) is 14.7 Å². The van der Waals surface area contributed by atoms with Crippen LogP contribution in [0.15, 0.2) is 36.4 Å². The summed E-state index contributed by atoms with van der Waals surface area (Å²) in [5.74, 6) is 2.29. The Kier molecular flexibility index (Phi) is 11.9. The Morgan fingerprint density at radius 2 is 1.88 bits per heavy atom. The van der Waals surface area contributed by atoms with Crippen LogP contribution in [0.4, 0.5) is 5.69 Å². The molecule has 3 saturated carbocycles. The fraction of sp³-hybridized carbons (Fsp3) is 0.650. The number of nitrogens with one attached hydrogen (secondary N) is 3. The SMILES string of the molecule is CNC(=O)c1cc(-c2cccc(CN3O[C@@H](CO)[C@@H](C(C)NCCC(C)C)[C@H]3C(=O)N[C@H]3C[C@H]4C[C@@H]([C@@H]3C)C4(C)C)c2OC)cc(N(C)C)c1. The van der Waals surface area contributed by atoms with Crippen molar-refractivity contribution in [1.29, 1.82) is 0 Å². The minimum atomic E-state index is -0.627. The fourth-order valence-corrected chi connectivity index (χ4v) is 8.89. The van der Waals surface area contributed by atoms with Gasteiger partial charge in [-0.2, -0.15) is 5.06 Å². The lowest BCUT2D eigenvalue weighted by Gasteiger charge is -2.62. The second kappa shape index (κ2) is 15.6. The van der Waals surface area contributed by atoms with Crippen molar-refractivity contribution in [3.8, 4) is 16.9 Å². The first kappa shape index (κ1) is 38.1. The maximum absolute atomic E-state index is 14.6. The molecule has 2 aromatic rings. The number of carbonyl (C=O) groups is 2. The van der Waals surface area contributed by atoms with Crippen molar-refractivity contribution >= 4 is 17.5 Å². The Bertz CT molecular complexity index is 1510. The van der Waals surface area contributed by atoms with E-state index in [1.54, 1.807) is 19.2 Å². The van der Waals surface area contributed by atoms with Gasteiger partial charge in [-0.1, -0.05) is 52.8 Å². The highest BCUT2D eigenvalue weighted by Gasteiger charge is 2.57. The Morgan fingerprint density at radius 3 is 2.48 bits per heavy atom. The molecule has 50 heavy (non-hydrogen) atoms. The van der Waals surface area contributed by atoms with Crippen LogP contribution in [0.25, 0.3) is 11.1 Å².